The van der Waals surface area contributed by atoms with E-state index in [9.17, 15) is 0 Å². The van der Waals surface area contributed by atoms with Crippen LogP contribution in [0.1, 0.15) is 5.56 Å². The Bertz CT molecular complexity index is 570. The van der Waals surface area contributed by atoms with Gasteiger partial charge in [-0.2, -0.15) is 0 Å². The minimum absolute atomic E-state index is 0.544. The third-order valence-electron chi connectivity index (χ3n) is 2.50. The van der Waals surface area contributed by atoms with Crippen molar-refractivity contribution in [2.24, 2.45) is 0 Å². The first kappa shape index (κ1) is 14.1. The molecule has 0 aromatic heterocycles. The Labute approximate surface area is 127 Å². The molecular formula is C14H12Cl2N2S. The summed E-state index contributed by atoms with van der Waals surface area (Å²) in [6, 6.07) is 15.0. The maximum absolute atomic E-state index is 6.07. The summed E-state index contributed by atoms with van der Waals surface area (Å²) in [6.07, 6.45) is 0. The molecule has 2 nitrogen and oxygen atoms in total. The molecule has 2 rings (SSSR count). The van der Waals surface area contributed by atoms with Crippen LogP contribution in [0.15, 0.2) is 48.5 Å². The van der Waals surface area contributed by atoms with Gasteiger partial charge in [-0.1, -0.05) is 41.4 Å². The molecule has 0 aliphatic carbocycles. The van der Waals surface area contributed by atoms with Crippen LogP contribution in [0.5, 0.6) is 0 Å². The van der Waals surface area contributed by atoms with Crippen molar-refractivity contribution < 1.29 is 0 Å². The van der Waals surface area contributed by atoms with E-state index in [1.165, 1.54) is 0 Å². The minimum atomic E-state index is 0.544. The van der Waals surface area contributed by atoms with E-state index in [1.54, 1.807) is 12.1 Å². The van der Waals surface area contributed by atoms with Crippen LogP contribution in [-0.4, -0.2) is 5.11 Å². The van der Waals surface area contributed by atoms with Crippen LogP contribution in [0.25, 0.3) is 0 Å². The molecule has 0 bridgehead atoms. The highest BCUT2D eigenvalue weighted by Gasteiger charge is 2.01. The second-order valence-corrected chi connectivity index (χ2v) is 5.16. The van der Waals surface area contributed by atoms with Crippen molar-refractivity contribution >= 4 is 46.2 Å². The number of anilines is 1. The highest BCUT2D eigenvalue weighted by Crippen LogP contribution is 2.15. The SMILES string of the molecule is S=C(NCc1ccccc1Cl)Nc1ccc(Cl)cc1. The summed E-state index contributed by atoms with van der Waals surface area (Å²) in [4.78, 5) is 0. The van der Waals surface area contributed by atoms with Gasteiger partial charge in [0.15, 0.2) is 5.11 Å². The Morgan fingerprint density at radius 2 is 1.68 bits per heavy atom. The van der Waals surface area contributed by atoms with Gasteiger partial charge in [-0.05, 0) is 48.1 Å². The fourth-order valence-corrected chi connectivity index (χ4v) is 2.04. The van der Waals surface area contributed by atoms with Gasteiger partial charge in [-0.25, -0.2) is 0 Å². The van der Waals surface area contributed by atoms with Crippen molar-refractivity contribution in [2.75, 3.05) is 5.32 Å². The highest BCUT2D eigenvalue weighted by atomic mass is 35.5. The normalized spacial score (nSPS) is 10.0. The van der Waals surface area contributed by atoms with Gasteiger partial charge in [0.1, 0.15) is 0 Å². The summed E-state index contributed by atoms with van der Waals surface area (Å²) in [5, 5.41) is 8.15. The Morgan fingerprint density at radius 1 is 1.00 bits per heavy atom. The molecule has 0 fully saturated rings. The van der Waals surface area contributed by atoms with Crippen LogP contribution >= 0.6 is 35.4 Å². The van der Waals surface area contributed by atoms with Crippen molar-refractivity contribution in [3.8, 4) is 0 Å². The van der Waals surface area contributed by atoms with E-state index in [0.29, 0.717) is 16.7 Å². The largest absolute Gasteiger partial charge is 0.358 e. The van der Waals surface area contributed by atoms with Gasteiger partial charge in [0.25, 0.3) is 0 Å². The second-order valence-electron chi connectivity index (χ2n) is 3.91. The van der Waals surface area contributed by atoms with E-state index in [1.807, 2.05) is 36.4 Å². The lowest BCUT2D eigenvalue weighted by atomic mass is 10.2. The highest BCUT2D eigenvalue weighted by molar-refractivity contribution is 7.80. The molecule has 0 saturated heterocycles. The molecule has 2 aromatic rings. The summed E-state index contributed by atoms with van der Waals surface area (Å²) in [5.74, 6) is 0. The third-order valence-corrected chi connectivity index (χ3v) is 3.37. The maximum atomic E-state index is 6.07. The van der Waals surface area contributed by atoms with Crippen molar-refractivity contribution in [3.05, 3.63) is 64.1 Å². The molecule has 0 spiro atoms. The average Bonchev–Trinajstić information content (AvgIpc) is 2.40. The van der Waals surface area contributed by atoms with Gasteiger partial charge >= 0.3 is 0 Å². The summed E-state index contributed by atoms with van der Waals surface area (Å²) in [6.45, 7) is 0.582. The van der Waals surface area contributed by atoms with E-state index in [0.717, 1.165) is 16.3 Å². The molecule has 5 heteroatoms. The molecule has 0 atom stereocenters. The Balaban J connectivity index is 1.88. The predicted molar refractivity (Wildman–Crippen MR) is 86.0 cm³/mol. The lowest BCUT2D eigenvalue weighted by Gasteiger charge is -2.11. The smallest absolute Gasteiger partial charge is 0.171 e. The number of benzene rings is 2. The zero-order chi connectivity index (χ0) is 13.7. The van der Waals surface area contributed by atoms with Crippen LogP contribution in [0.3, 0.4) is 0 Å². The molecule has 2 aromatic carbocycles. The van der Waals surface area contributed by atoms with Crippen molar-refractivity contribution in [3.63, 3.8) is 0 Å². The topological polar surface area (TPSA) is 24.1 Å². The maximum Gasteiger partial charge on any atom is 0.171 e. The van der Waals surface area contributed by atoms with Crippen LogP contribution in [0.2, 0.25) is 10.0 Å². The standard InChI is InChI=1S/C14H12Cl2N2S/c15-11-5-7-12(8-6-11)18-14(19)17-9-10-3-1-2-4-13(10)16/h1-8H,9H2,(H2,17,18,19). The summed E-state index contributed by atoms with van der Waals surface area (Å²) in [5.41, 5.74) is 1.89. The molecule has 0 saturated carbocycles. The number of hydrogen-bond donors (Lipinski definition) is 2. The minimum Gasteiger partial charge on any atom is -0.358 e. The van der Waals surface area contributed by atoms with E-state index < -0.39 is 0 Å². The van der Waals surface area contributed by atoms with E-state index in [4.69, 9.17) is 35.4 Å². The number of nitrogens with one attached hydrogen (secondary N) is 2. The first-order valence-corrected chi connectivity index (χ1v) is 6.85. The molecule has 2 N–H and O–H groups in total. The van der Waals surface area contributed by atoms with Crippen LogP contribution in [0, 0.1) is 0 Å². The molecule has 0 amide bonds. The summed E-state index contributed by atoms with van der Waals surface area (Å²) < 4.78 is 0. The molecular weight excluding hydrogens is 299 g/mol. The summed E-state index contributed by atoms with van der Waals surface area (Å²) >= 11 is 17.1. The Morgan fingerprint density at radius 3 is 2.37 bits per heavy atom. The lowest BCUT2D eigenvalue weighted by molar-refractivity contribution is 0.926. The number of halogens is 2. The summed E-state index contributed by atoms with van der Waals surface area (Å²) in [7, 11) is 0. The van der Waals surface area contributed by atoms with E-state index in [2.05, 4.69) is 10.6 Å². The van der Waals surface area contributed by atoms with Gasteiger partial charge in [0, 0.05) is 22.3 Å². The van der Waals surface area contributed by atoms with Crippen molar-refractivity contribution in [1.29, 1.82) is 0 Å². The van der Waals surface area contributed by atoms with Crippen molar-refractivity contribution in [2.45, 2.75) is 6.54 Å². The molecule has 0 aliphatic heterocycles. The van der Waals surface area contributed by atoms with E-state index in [-0.39, 0.29) is 0 Å². The number of thiocarbonyl (C=S) groups is 1. The van der Waals surface area contributed by atoms with E-state index >= 15 is 0 Å². The molecule has 19 heavy (non-hydrogen) atoms. The lowest BCUT2D eigenvalue weighted by Crippen LogP contribution is -2.27. The second kappa shape index (κ2) is 6.75. The Kier molecular flexibility index (Phi) is 5.02. The van der Waals surface area contributed by atoms with Gasteiger partial charge in [0.2, 0.25) is 0 Å². The number of hydrogen-bond acceptors (Lipinski definition) is 1. The van der Waals surface area contributed by atoms with Gasteiger partial charge in [-0.3, -0.25) is 0 Å². The molecule has 0 aliphatic rings. The average molecular weight is 311 g/mol. The molecule has 0 radical (unpaired) electrons. The first-order valence-electron chi connectivity index (χ1n) is 5.69. The quantitative estimate of drug-likeness (QED) is 0.817. The first-order chi connectivity index (χ1) is 9.15. The fraction of sp³-hybridized carbons (Fsp3) is 0.0714. The van der Waals surface area contributed by atoms with Crippen LogP contribution < -0.4 is 10.6 Å². The van der Waals surface area contributed by atoms with Gasteiger partial charge < -0.3 is 10.6 Å². The van der Waals surface area contributed by atoms with Gasteiger partial charge in [0.05, 0.1) is 0 Å². The number of rotatable bonds is 3. The van der Waals surface area contributed by atoms with Gasteiger partial charge in [-0.15, -0.1) is 0 Å². The Hall–Kier alpha value is -1.29. The molecule has 98 valence electrons. The molecule has 0 heterocycles. The van der Waals surface area contributed by atoms with Crippen LogP contribution in [-0.2, 0) is 6.54 Å². The fourth-order valence-electron chi connectivity index (χ4n) is 1.53. The third kappa shape index (κ3) is 4.39. The van der Waals surface area contributed by atoms with Crippen molar-refractivity contribution in [1.82, 2.24) is 5.32 Å². The zero-order valence-corrected chi connectivity index (χ0v) is 12.3. The monoisotopic (exact) mass is 310 g/mol. The predicted octanol–water partition coefficient (Wildman–Crippen LogP) is 4.48. The van der Waals surface area contributed by atoms with Crippen LogP contribution in [0.4, 0.5) is 5.69 Å². The zero-order valence-electron chi connectivity index (χ0n) is 9.99. The molecule has 0 unspecified atom stereocenters.